The van der Waals surface area contributed by atoms with Crippen LogP contribution in [0.15, 0.2) is 12.1 Å². The molecule has 0 bridgehead atoms. The van der Waals surface area contributed by atoms with Crippen molar-refractivity contribution in [1.82, 2.24) is 5.32 Å². The summed E-state index contributed by atoms with van der Waals surface area (Å²) in [4.78, 5) is 35.6. The predicted molar refractivity (Wildman–Crippen MR) is 79.6 cm³/mol. The zero-order chi connectivity index (χ0) is 15.4. The number of hydrogen-bond acceptors (Lipinski definition) is 5. The molecule has 1 aliphatic rings. The highest BCUT2D eigenvalue weighted by Gasteiger charge is 2.27. The Bertz CT molecular complexity index is 553. The van der Waals surface area contributed by atoms with E-state index in [0.29, 0.717) is 9.21 Å². The number of thiophene rings is 1. The van der Waals surface area contributed by atoms with Gasteiger partial charge in [0.2, 0.25) is 0 Å². The van der Waals surface area contributed by atoms with Crippen molar-refractivity contribution in [3.05, 3.63) is 21.3 Å². The van der Waals surface area contributed by atoms with Crippen LogP contribution in [-0.2, 0) is 14.3 Å². The third-order valence-corrected chi connectivity index (χ3v) is 4.28. The fourth-order valence-electron chi connectivity index (χ4n) is 1.66. The minimum absolute atomic E-state index is 0.0462. The average molecular weight is 330 g/mol. The summed E-state index contributed by atoms with van der Waals surface area (Å²) in [6, 6.07) is 3.50. The number of halogens is 1. The van der Waals surface area contributed by atoms with Crippen molar-refractivity contribution in [2.24, 2.45) is 0 Å². The Morgan fingerprint density at radius 2 is 2.10 bits per heavy atom. The van der Waals surface area contributed by atoms with Gasteiger partial charge in [0.25, 0.3) is 5.91 Å². The monoisotopic (exact) mass is 329 g/mol. The molecule has 0 radical (unpaired) electrons. The van der Waals surface area contributed by atoms with Crippen LogP contribution in [0, 0.1) is 0 Å². The zero-order valence-electron chi connectivity index (χ0n) is 11.6. The Kier molecular flexibility index (Phi) is 5.36. The molecule has 1 atom stereocenters. The van der Waals surface area contributed by atoms with Gasteiger partial charge in [0.1, 0.15) is 0 Å². The second-order valence-corrected chi connectivity index (χ2v) is 6.66. The molecule has 1 aromatic rings. The molecular formula is C14H16ClNO4S. The Hall–Kier alpha value is -1.40. The van der Waals surface area contributed by atoms with Crippen molar-refractivity contribution in [2.75, 3.05) is 0 Å². The summed E-state index contributed by atoms with van der Waals surface area (Å²) in [6.07, 6.45) is 1.13. The van der Waals surface area contributed by atoms with Gasteiger partial charge in [-0.3, -0.25) is 14.4 Å². The number of esters is 1. The number of carbonyl (C=O) groups excluding carboxylic acids is 3. The summed E-state index contributed by atoms with van der Waals surface area (Å²) in [5.74, 6) is -0.995. The molecular weight excluding hydrogens is 314 g/mol. The van der Waals surface area contributed by atoms with Crippen LogP contribution >= 0.6 is 22.9 Å². The molecule has 5 nitrogen and oxygen atoms in total. The number of Topliss-reactive ketones (excluding diaryl/α,β-unsaturated/α-hetero) is 1. The minimum Gasteiger partial charge on any atom is -0.453 e. The van der Waals surface area contributed by atoms with Crippen LogP contribution in [0.3, 0.4) is 0 Å². The Morgan fingerprint density at radius 1 is 1.38 bits per heavy atom. The van der Waals surface area contributed by atoms with Gasteiger partial charge >= 0.3 is 5.97 Å². The molecule has 1 amide bonds. The third-order valence-electron chi connectivity index (χ3n) is 3.01. The van der Waals surface area contributed by atoms with Gasteiger partial charge in [0.05, 0.1) is 15.6 Å². The van der Waals surface area contributed by atoms with E-state index >= 15 is 0 Å². The maximum atomic E-state index is 11.8. The molecule has 1 aromatic heterocycles. The van der Waals surface area contributed by atoms with Crippen molar-refractivity contribution in [3.63, 3.8) is 0 Å². The maximum Gasteiger partial charge on any atom is 0.307 e. The summed E-state index contributed by atoms with van der Waals surface area (Å²) in [5, 5.41) is 2.76. The van der Waals surface area contributed by atoms with Crippen LogP contribution in [0.2, 0.25) is 4.34 Å². The van der Waals surface area contributed by atoms with E-state index in [9.17, 15) is 14.4 Å². The number of ether oxygens (including phenoxy) is 1. The van der Waals surface area contributed by atoms with E-state index in [2.05, 4.69) is 5.32 Å². The van der Waals surface area contributed by atoms with Gasteiger partial charge in [-0.25, -0.2) is 0 Å². The molecule has 0 aromatic carbocycles. The fraction of sp³-hybridized carbons (Fsp3) is 0.500. The summed E-state index contributed by atoms with van der Waals surface area (Å²) >= 11 is 6.93. The van der Waals surface area contributed by atoms with E-state index in [1.54, 1.807) is 12.1 Å². The largest absolute Gasteiger partial charge is 0.453 e. The van der Waals surface area contributed by atoms with Crippen LogP contribution in [-0.4, -0.2) is 29.8 Å². The number of nitrogens with one attached hydrogen (secondary N) is 1. The SMILES string of the molecule is C[C@@H](OC(=O)CCC(=O)c1ccc(Cl)s1)C(=O)NC1CC1. The number of ketones is 1. The van der Waals surface area contributed by atoms with Gasteiger partial charge in [-0.2, -0.15) is 0 Å². The number of carbonyl (C=O) groups is 3. The molecule has 0 saturated heterocycles. The molecule has 1 N–H and O–H groups in total. The van der Waals surface area contributed by atoms with E-state index in [0.717, 1.165) is 12.8 Å². The smallest absolute Gasteiger partial charge is 0.307 e. The van der Waals surface area contributed by atoms with Crippen molar-refractivity contribution in [3.8, 4) is 0 Å². The molecule has 0 spiro atoms. The normalized spacial score (nSPS) is 15.3. The molecule has 114 valence electrons. The first-order chi connectivity index (χ1) is 9.95. The number of hydrogen-bond donors (Lipinski definition) is 1. The lowest BCUT2D eigenvalue weighted by molar-refractivity contribution is -0.154. The first kappa shape index (κ1) is 16.0. The first-order valence-electron chi connectivity index (χ1n) is 6.74. The molecule has 2 rings (SSSR count). The lowest BCUT2D eigenvalue weighted by Gasteiger charge is -2.12. The van der Waals surface area contributed by atoms with E-state index in [1.807, 2.05) is 0 Å². The molecule has 1 saturated carbocycles. The van der Waals surface area contributed by atoms with Gasteiger partial charge in [0.15, 0.2) is 11.9 Å². The van der Waals surface area contributed by atoms with Gasteiger partial charge in [-0.1, -0.05) is 11.6 Å². The standard InChI is InChI=1S/C14H16ClNO4S/c1-8(14(19)16-9-2-3-9)20-13(18)7-4-10(17)11-5-6-12(15)21-11/h5-6,8-9H,2-4,7H2,1H3,(H,16,19)/t8-/m1/s1. The van der Waals surface area contributed by atoms with E-state index in [-0.39, 0.29) is 30.6 Å². The fourth-order valence-corrected chi connectivity index (χ4v) is 2.67. The van der Waals surface area contributed by atoms with Crippen LogP contribution in [0.25, 0.3) is 0 Å². The van der Waals surface area contributed by atoms with Gasteiger partial charge in [-0.05, 0) is 31.9 Å². The first-order valence-corrected chi connectivity index (χ1v) is 7.93. The molecule has 7 heteroatoms. The Labute approximate surface area is 131 Å². The van der Waals surface area contributed by atoms with Gasteiger partial charge in [0, 0.05) is 12.5 Å². The van der Waals surface area contributed by atoms with Crippen LogP contribution in [0.4, 0.5) is 0 Å². The lowest BCUT2D eigenvalue weighted by atomic mass is 10.2. The third kappa shape index (κ3) is 5.13. The Balaban J connectivity index is 1.71. The van der Waals surface area contributed by atoms with E-state index < -0.39 is 12.1 Å². The van der Waals surface area contributed by atoms with E-state index in [4.69, 9.17) is 16.3 Å². The highest BCUT2D eigenvalue weighted by atomic mass is 35.5. The molecule has 1 heterocycles. The van der Waals surface area contributed by atoms with Crippen molar-refractivity contribution >= 4 is 40.6 Å². The topological polar surface area (TPSA) is 72.5 Å². The van der Waals surface area contributed by atoms with Gasteiger partial charge < -0.3 is 10.1 Å². The minimum atomic E-state index is -0.829. The Morgan fingerprint density at radius 3 is 2.67 bits per heavy atom. The molecule has 21 heavy (non-hydrogen) atoms. The summed E-state index contributed by atoms with van der Waals surface area (Å²) in [5.41, 5.74) is 0. The summed E-state index contributed by atoms with van der Waals surface area (Å²) < 4.78 is 5.54. The van der Waals surface area contributed by atoms with Crippen molar-refractivity contribution < 1.29 is 19.1 Å². The van der Waals surface area contributed by atoms with Crippen molar-refractivity contribution in [1.29, 1.82) is 0 Å². The lowest BCUT2D eigenvalue weighted by Crippen LogP contribution is -2.37. The number of rotatable bonds is 7. The van der Waals surface area contributed by atoms with E-state index in [1.165, 1.54) is 18.3 Å². The van der Waals surface area contributed by atoms with Gasteiger partial charge in [-0.15, -0.1) is 11.3 Å². The molecule has 0 aliphatic heterocycles. The summed E-state index contributed by atoms with van der Waals surface area (Å²) in [6.45, 7) is 1.52. The number of amides is 1. The zero-order valence-corrected chi connectivity index (χ0v) is 13.1. The quantitative estimate of drug-likeness (QED) is 0.616. The average Bonchev–Trinajstić information content (AvgIpc) is 3.14. The second kappa shape index (κ2) is 7.04. The van der Waals surface area contributed by atoms with Crippen LogP contribution in [0.1, 0.15) is 42.3 Å². The molecule has 0 unspecified atom stereocenters. The summed E-state index contributed by atoms with van der Waals surface area (Å²) in [7, 11) is 0. The highest BCUT2D eigenvalue weighted by Crippen LogP contribution is 2.23. The maximum absolute atomic E-state index is 11.8. The second-order valence-electron chi connectivity index (χ2n) is 4.94. The molecule has 1 aliphatic carbocycles. The predicted octanol–water partition coefficient (Wildman–Crippen LogP) is 2.57. The van der Waals surface area contributed by atoms with Crippen LogP contribution in [0.5, 0.6) is 0 Å². The van der Waals surface area contributed by atoms with Crippen molar-refractivity contribution in [2.45, 2.75) is 44.8 Å². The molecule has 1 fully saturated rings. The van der Waals surface area contributed by atoms with Crippen LogP contribution < -0.4 is 5.32 Å². The highest BCUT2D eigenvalue weighted by molar-refractivity contribution is 7.18.